The average molecular weight is 360 g/mol. The number of aliphatic carboxylic acids is 1. The zero-order valence-corrected chi connectivity index (χ0v) is 14.5. The highest BCUT2D eigenvalue weighted by atomic mass is 32.1. The lowest BCUT2D eigenvalue weighted by molar-refractivity contribution is -0.137. The number of aromatic nitrogens is 2. The quantitative estimate of drug-likeness (QED) is 0.728. The summed E-state index contributed by atoms with van der Waals surface area (Å²) in [4.78, 5) is 29.1. The summed E-state index contributed by atoms with van der Waals surface area (Å²) in [6.07, 6.45) is 1.27. The molecule has 3 rings (SSSR count). The Balaban J connectivity index is 2.19. The Morgan fingerprint density at radius 2 is 2.04 bits per heavy atom. The molecule has 0 radical (unpaired) electrons. The Hall–Kier alpha value is -2.54. The van der Waals surface area contributed by atoms with Crippen LogP contribution in [0.4, 0.5) is 4.39 Å². The highest BCUT2D eigenvalue weighted by Crippen LogP contribution is 2.31. The van der Waals surface area contributed by atoms with Crippen molar-refractivity contribution in [3.8, 4) is 11.1 Å². The van der Waals surface area contributed by atoms with Crippen LogP contribution in [0, 0.1) is 5.82 Å². The number of rotatable bonds is 6. The third-order valence-electron chi connectivity index (χ3n) is 3.95. The summed E-state index contributed by atoms with van der Waals surface area (Å²) in [5, 5.41) is 11.2. The molecule has 7 heteroatoms. The molecule has 0 bridgehead atoms. The van der Waals surface area contributed by atoms with Gasteiger partial charge in [0.05, 0.1) is 11.8 Å². The second kappa shape index (κ2) is 7.14. The number of fused-ring (bicyclic) bond motifs is 1. The molecule has 1 N–H and O–H groups in total. The number of aryl methyl sites for hydroxylation is 1. The largest absolute Gasteiger partial charge is 0.481 e. The van der Waals surface area contributed by atoms with E-state index in [4.69, 9.17) is 5.11 Å². The first-order valence-electron chi connectivity index (χ1n) is 8.00. The van der Waals surface area contributed by atoms with E-state index in [9.17, 15) is 14.0 Å². The lowest BCUT2D eigenvalue weighted by Gasteiger charge is -2.11. The van der Waals surface area contributed by atoms with E-state index in [2.05, 4.69) is 4.98 Å². The van der Waals surface area contributed by atoms with Crippen LogP contribution in [0.25, 0.3) is 21.3 Å². The monoisotopic (exact) mass is 360 g/mol. The summed E-state index contributed by atoms with van der Waals surface area (Å²) in [6.45, 7) is 2.07. The zero-order valence-electron chi connectivity index (χ0n) is 13.7. The van der Waals surface area contributed by atoms with Gasteiger partial charge in [-0.1, -0.05) is 19.1 Å². The molecule has 0 atom stereocenters. The first-order valence-corrected chi connectivity index (χ1v) is 8.88. The smallest absolute Gasteiger partial charge is 0.305 e. The lowest BCUT2D eigenvalue weighted by Crippen LogP contribution is -2.26. The first kappa shape index (κ1) is 17.3. The van der Waals surface area contributed by atoms with E-state index in [1.165, 1.54) is 28.0 Å². The third kappa shape index (κ3) is 3.46. The van der Waals surface area contributed by atoms with Crippen molar-refractivity contribution >= 4 is 27.5 Å². The van der Waals surface area contributed by atoms with E-state index in [-0.39, 0.29) is 24.3 Å². The fourth-order valence-electron chi connectivity index (χ4n) is 2.76. The van der Waals surface area contributed by atoms with Crippen molar-refractivity contribution in [3.05, 3.63) is 51.6 Å². The Morgan fingerprint density at radius 1 is 1.32 bits per heavy atom. The average Bonchev–Trinajstić information content (AvgIpc) is 2.99. The molecule has 0 aliphatic heterocycles. The van der Waals surface area contributed by atoms with Crippen molar-refractivity contribution in [2.24, 2.45) is 0 Å². The molecule has 130 valence electrons. The number of nitrogens with zero attached hydrogens (tertiary/aromatic N) is 2. The normalized spacial score (nSPS) is 11.1. The Labute approximate surface area is 147 Å². The van der Waals surface area contributed by atoms with E-state index in [0.29, 0.717) is 28.0 Å². The van der Waals surface area contributed by atoms with Crippen LogP contribution in [0.3, 0.4) is 0 Å². The third-order valence-corrected chi connectivity index (χ3v) is 4.82. The molecule has 1 aromatic carbocycles. The van der Waals surface area contributed by atoms with E-state index in [1.807, 2.05) is 12.3 Å². The minimum absolute atomic E-state index is 0.0884. The molecule has 0 aliphatic carbocycles. The van der Waals surface area contributed by atoms with Crippen LogP contribution in [-0.4, -0.2) is 20.6 Å². The fraction of sp³-hybridized carbons (Fsp3) is 0.278. The van der Waals surface area contributed by atoms with E-state index in [0.717, 1.165) is 12.0 Å². The SMILES string of the molecule is CCCc1nc2scc(-c3ccc(F)cc3)c2c(=O)n1CCC(=O)O. The number of halogens is 1. The number of carboxylic acids is 1. The van der Waals surface area contributed by atoms with Crippen molar-refractivity contribution in [2.75, 3.05) is 0 Å². The topological polar surface area (TPSA) is 72.2 Å². The number of hydrogen-bond donors (Lipinski definition) is 1. The molecule has 0 unspecified atom stereocenters. The number of hydrogen-bond acceptors (Lipinski definition) is 4. The maximum Gasteiger partial charge on any atom is 0.305 e. The molecular formula is C18H17FN2O3S. The standard InChI is InChI=1S/C18H17FN2O3S/c1-2-3-14-20-17-16(18(24)21(14)9-8-15(22)23)13(10-25-17)11-4-6-12(19)7-5-11/h4-7,10H,2-3,8-9H2,1H3,(H,22,23). The van der Waals surface area contributed by atoms with E-state index in [1.54, 1.807) is 12.1 Å². The Bertz CT molecular complexity index is 976. The molecule has 2 aromatic heterocycles. The molecule has 0 fully saturated rings. The van der Waals surface area contributed by atoms with Gasteiger partial charge in [-0.15, -0.1) is 11.3 Å². The second-order valence-electron chi connectivity index (χ2n) is 5.71. The molecular weight excluding hydrogens is 343 g/mol. The highest BCUT2D eigenvalue weighted by molar-refractivity contribution is 7.17. The molecule has 2 heterocycles. The van der Waals surface area contributed by atoms with E-state index < -0.39 is 5.97 Å². The highest BCUT2D eigenvalue weighted by Gasteiger charge is 2.17. The number of benzene rings is 1. The summed E-state index contributed by atoms with van der Waals surface area (Å²) < 4.78 is 14.6. The maximum absolute atomic E-state index is 13.2. The molecule has 25 heavy (non-hydrogen) atoms. The van der Waals surface area contributed by atoms with Gasteiger partial charge in [0.1, 0.15) is 16.5 Å². The molecule has 3 aromatic rings. The Morgan fingerprint density at radius 3 is 2.68 bits per heavy atom. The predicted octanol–water partition coefficient (Wildman–Crippen LogP) is 3.69. The lowest BCUT2D eigenvalue weighted by atomic mass is 10.1. The summed E-state index contributed by atoms with van der Waals surface area (Å²) in [5.41, 5.74) is 1.19. The van der Waals surface area contributed by atoms with Gasteiger partial charge in [0, 0.05) is 23.9 Å². The van der Waals surface area contributed by atoms with Gasteiger partial charge in [0.25, 0.3) is 5.56 Å². The number of carbonyl (C=O) groups is 1. The van der Waals surface area contributed by atoms with Crippen LogP contribution in [0.15, 0.2) is 34.4 Å². The van der Waals surface area contributed by atoms with Gasteiger partial charge in [-0.05, 0) is 24.1 Å². The van der Waals surface area contributed by atoms with Crippen LogP contribution in [0.5, 0.6) is 0 Å². The van der Waals surface area contributed by atoms with E-state index >= 15 is 0 Å². The van der Waals surface area contributed by atoms with Crippen molar-refractivity contribution in [1.29, 1.82) is 0 Å². The van der Waals surface area contributed by atoms with Crippen LogP contribution >= 0.6 is 11.3 Å². The van der Waals surface area contributed by atoms with Gasteiger partial charge in [-0.3, -0.25) is 14.2 Å². The molecule has 0 saturated heterocycles. The van der Waals surface area contributed by atoms with Gasteiger partial charge in [0.15, 0.2) is 0 Å². The summed E-state index contributed by atoms with van der Waals surface area (Å²) >= 11 is 1.37. The molecule has 0 spiro atoms. The van der Waals surface area contributed by atoms with Crippen molar-refractivity contribution in [1.82, 2.24) is 9.55 Å². The zero-order chi connectivity index (χ0) is 18.0. The minimum Gasteiger partial charge on any atom is -0.481 e. The van der Waals surface area contributed by atoms with Crippen LogP contribution in [0.1, 0.15) is 25.6 Å². The first-order chi connectivity index (χ1) is 12.0. The maximum atomic E-state index is 13.2. The number of thiophene rings is 1. The van der Waals surface area contributed by atoms with Gasteiger partial charge in [-0.2, -0.15) is 0 Å². The van der Waals surface area contributed by atoms with Crippen molar-refractivity contribution in [2.45, 2.75) is 32.7 Å². The van der Waals surface area contributed by atoms with Crippen LogP contribution in [0.2, 0.25) is 0 Å². The summed E-state index contributed by atoms with van der Waals surface area (Å²) in [5.74, 6) is -0.696. The molecule has 0 amide bonds. The molecule has 0 aliphatic rings. The summed E-state index contributed by atoms with van der Waals surface area (Å²) in [7, 11) is 0. The fourth-order valence-corrected chi connectivity index (χ4v) is 3.72. The molecule has 0 saturated carbocycles. The number of carboxylic acid groups (broad SMARTS) is 1. The van der Waals surface area contributed by atoms with Crippen molar-refractivity contribution in [3.63, 3.8) is 0 Å². The van der Waals surface area contributed by atoms with Gasteiger partial charge in [0.2, 0.25) is 0 Å². The minimum atomic E-state index is -0.960. The van der Waals surface area contributed by atoms with Crippen molar-refractivity contribution < 1.29 is 14.3 Å². The Kier molecular flexibility index (Phi) is 4.94. The van der Waals surface area contributed by atoms with Gasteiger partial charge in [-0.25, -0.2) is 9.37 Å². The summed E-state index contributed by atoms with van der Waals surface area (Å²) in [6, 6.07) is 5.94. The molecule has 5 nitrogen and oxygen atoms in total. The van der Waals surface area contributed by atoms with Crippen LogP contribution < -0.4 is 5.56 Å². The predicted molar refractivity (Wildman–Crippen MR) is 95.5 cm³/mol. The van der Waals surface area contributed by atoms with Gasteiger partial charge < -0.3 is 5.11 Å². The van der Waals surface area contributed by atoms with Gasteiger partial charge >= 0.3 is 5.97 Å². The van der Waals surface area contributed by atoms with Crippen LogP contribution in [-0.2, 0) is 17.8 Å². The second-order valence-corrected chi connectivity index (χ2v) is 6.57.